The van der Waals surface area contributed by atoms with Gasteiger partial charge in [0, 0.05) is 0 Å². The standard InChI is InChI=1S/C19H15N3O/c1-2-6-15(7-3-1)14-22-19(13-20-21-22)23-18-11-10-16-8-4-5-9-17(16)12-18/h1-13H,14H2. The van der Waals surface area contributed by atoms with Crippen LogP contribution in [0.2, 0.25) is 0 Å². The van der Waals surface area contributed by atoms with Crippen molar-refractivity contribution in [3.05, 3.63) is 84.6 Å². The molecule has 0 N–H and O–H groups in total. The fourth-order valence-electron chi connectivity index (χ4n) is 2.54. The van der Waals surface area contributed by atoms with E-state index in [0.29, 0.717) is 12.4 Å². The molecule has 23 heavy (non-hydrogen) atoms. The molecule has 4 rings (SSSR count). The lowest BCUT2D eigenvalue weighted by molar-refractivity contribution is 0.420. The zero-order valence-corrected chi connectivity index (χ0v) is 12.5. The Kier molecular flexibility index (Phi) is 3.48. The minimum absolute atomic E-state index is 0.629. The van der Waals surface area contributed by atoms with Crippen LogP contribution in [0, 0.1) is 0 Å². The lowest BCUT2D eigenvalue weighted by atomic mass is 10.1. The topological polar surface area (TPSA) is 39.9 Å². The van der Waals surface area contributed by atoms with Gasteiger partial charge in [-0.1, -0.05) is 65.9 Å². The fourth-order valence-corrected chi connectivity index (χ4v) is 2.54. The molecule has 0 spiro atoms. The number of nitrogens with zero attached hydrogens (tertiary/aromatic N) is 3. The van der Waals surface area contributed by atoms with E-state index in [2.05, 4.69) is 40.6 Å². The molecule has 0 bridgehead atoms. The van der Waals surface area contributed by atoms with Gasteiger partial charge in [-0.2, -0.15) is 0 Å². The van der Waals surface area contributed by atoms with E-state index in [-0.39, 0.29) is 0 Å². The van der Waals surface area contributed by atoms with Crippen LogP contribution in [0.15, 0.2) is 79.0 Å². The molecule has 0 fully saturated rings. The number of fused-ring (bicyclic) bond motifs is 1. The first-order chi connectivity index (χ1) is 11.4. The molecule has 3 aromatic carbocycles. The number of rotatable bonds is 4. The van der Waals surface area contributed by atoms with Gasteiger partial charge >= 0.3 is 0 Å². The predicted molar refractivity (Wildman–Crippen MR) is 89.6 cm³/mol. The summed E-state index contributed by atoms with van der Waals surface area (Å²) < 4.78 is 7.72. The second kappa shape index (κ2) is 5.93. The highest BCUT2D eigenvalue weighted by Crippen LogP contribution is 2.25. The van der Waals surface area contributed by atoms with Crippen LogP contribution in [-0.2, 0) is 6.54 Å². The molecule has 0 saturated carbocycles. The SMILES string of the molecule is c1ccc(Cn2nncc2Oc2ccc3ccccc3c2)cc1. The van der Waals surface area contributed by atoms with Crippen molar-refractivity contribution in [2.24, 2.45) is 0 Å². The van der Waals surface area contributed by atoms with E-state index >= 15 is 0 Å². The first kappa shape index (κ1) is 13.5. The molecule has 0 atom stereocenters. The average molecular weight is 301 g/mol. The number of ether oxygens (including phenoxy) is 1. The van der Waals surface area contributed by atoms with Crippen LogP contribution in [-0.4, -0.2) is 15.0 Å². The Morgan fingerprint density at radius 3 is 2.48 bits per heavy atom. The molecule has 0 unspecified atom stereocenters. The maximum Gasteiger partial charge on any atom is 0.238 e. The number of hydrogen-bond acceptors (Lipinski definition) is 3. The molecule has 1 heterocycles. The summed E-state index contributed by atoms with van der Waals surface area (Å²) in [7, 11) is 0. The lowest BCUT2D eigenvalue weighted by Crippen LogP contribution is -2.04. The normalized spacial score (nSPS) is 10.8. The molecular weight excluding hydrogens is 286 g/mol. The van der Waals surface area contributed by atoms with Crippen LogP contribution in [0.3, 0.4) is 0 Å². The Morgan fingerprint density at radius 2 is 1.61 bits per heavy atom. The van der Waals surface area contributed by atoms with Gasteiger partial charge in [0.25, 0.3) is 0 Å². The number of benzene rings is 3. The van der Waals surface area contributed by atoms with Gasteiger partial charge in [-0.15, -0.1) is 5.10 Å². The highest BCUT2D eigenvalue weighted by molar-refractivity contribution is 5.83. The van der Waals surface area contributed by atoms with E-state index in [1.54, 1.807) is 10.9 Å². The molecule has 0 radical (unpaired) electrons. The third-order valence-electron chi connectivity index (χ3n) is 3.70. The smallest absolute Gasteiger partial charge is 0.238 e. The van der Waals surface area contributed by atoms with Gasteiger partial charge in [0.05, 0.1) is 6.54 Å². The second-order valence-electron chi connectivity index (χ2n) is 5.33. The quantitative estimate of drug-likeness (QED) is 0.565. The Morgan fingerprint density at radius 1 is 0.826 bits per heavy atom. The molecule has 1 aromatic heterocycles. The Bertz CT molecular complexity index is 931. The maximum absolute atomic E-state index is 5.97. The largest absolute Gasteiger partial charge is 0.438 e. The van der Waals surface area contributed by atoms with E-state index in [1.807, 2.05) is 42.5 Å². The molecule has 0 amide bonds. The molecular formula is C19H15N3O. The maximum atomic E-state index is 5.97. The zero-order chi connectivity index (χ0) is 15.5. The fraction of sp³-hybridized carbons (Fsp3) is 0.0526. The van der Waals surface area contributed by atoms with Crippen LogP contribution in [0.5, 0.6) is 11.6 Å². The van der Waals surface area contributed by atoms with Crippen molar-refractivity contribution in [1.82, 2.24) is 15.0 Å². The van der Waals surface area contributed by atoms with Crippen LogP contribution in [0.25, 0.3) is 10.8 Å². The first-order valence-corrected chi connectivity index (χ1v) is 7.47. The third kappa shape index (κ3) is 2.92. The lowest BCUT2D eigenvalue weighted by Gasteiger charge is -2.08. The minimum atomic E-state index is 0.629. The summed E-state index contributed by atoms with van der Waals surface area (Å²) >= 11 is 0. The molecule has 0 aliphatic rings. The average Bonchev–Trinajstić information content (AvgIpc) is 3.02. The van der Waals surface area contributed by atoms with Gasteiger partial charge in [0.1, 0.15) is 11.9 Å². The van der Waals surface area contributed by atoms with Gasteiger partial charge in [-0.05, 0) is 28.5 Å². The van der Waals surface area contributed by atoms with Gasteiger partial charge < -0.3 is 4.74 Å². The summed E-state index contributed by atoms with van der Waals surface area (Å²) in [5.74, 6) is 1.41. The van der Waals surface area contributed by atoms with Gasteiger partial charge in [0.15, 0.2) is 0 Å². The molecule has 4 aromatic rings. The van der Waals surface area contributed by atoms with Gasteiger partial charge in [-0.3, -0.25) is 0 Å². The van der Waals surface area contributed by atoms with Crippen LogP contribution in [0.4, 0.5) is 0 Å². The molecule has 0 aliphatic carbocycles. The molecule has 112 valence electrons. The number of hydrogen-bond donors (Lipinski definition) is 0. The Labute approximate surface area is 134 Å². The van der Waals surface area contributed by atoms with Gasteiger partial charge in [-0.25, -0.2) is 4.68 Å². The van der Waals surface area contributed by atoms with E-state index in [0.717, 1.165) is 16.7 Å². The van der Waals surface area contributed by atoms with E-state index in [9.17, 15) is 0 Å². The van der Waals surface area contributed by atoms with Crippen LogP contribution < -0.4 is 4.74 Å². The molecule has 4 nitrogen and oxygen atoms in total. The van der Waals surface area contributed by atoms with Crippen molar-refractivity contribution in [3.63, 3.8) is 0 Å². The van der Waals surface area contributed by atoms with Crippen LogP contribution >= 0.6 is 0 Å². The molecule has 0 aliphatic heterocycles. The molecule has 4 heteroatoms. The van der Waals surface area contributed by atoms with E-state index in [1.165, 1.54) is 5.39 Å². The van der Waals surface area contributed by atoms with Crippen molar-refractivity contribution in [1.29, 1.82) is 0 Å². The summed E-state index contributed by atoms with van der Waals surface area (Å²) in [6.07, 6.45) is 1.64. The van der Waals surface area contributed by atoms with Crippen molar-refractivity contribution < 1.29 is 4.74 Å². The summed E-state index contributed by atoms with van der Waals surface area (Å²) in [4.78, 5) is 0. The predicted octanol–water partition coefficient (Wildman–Crippen LogP) is 4.27. The second-order valence-corrected chi connectivity index (χ2v) is 5.33. The van der Waals surface area contributed by atoms with Crippen LogP contribution in [0.1, 0.15) is 5.56 Å². The summed E-state index contributed by atoms with van der Waals surface area (Å²) in [5.41, 5.74) is 1.15. The van der Waals surface area contributed by atoms with Crippen molar-refractivity contribution in [2.75, 3.05) is 0 Å². The molecule has 0 saturated heterocycles. The van der Waals surface area contributed by atoms with Crippen molar-refractivity contribution in [3.8, 4) is 11.6 Å². The summed E-state index contributed by atoms with van der Waals surface area (Å²) in [5, 5.41) is 10.4. The van der Waals surface area contributed by atoms with Crippen molar-refractivity contribution in [2.45, 2.75) is 6.54 Å². The van der Waals surface area contributed by atoms with E-state index < -0.39 is 0 Å². The number of aromatic nitrogens is 3. The first-order valence-electron chi connectivity index (χ1n) is 7.47. The minimum Gasteiger partial charge on any atom is -0.438 e. The van der Waals surface area contributed by atoms with Crippen molar-refractivity contribution >= 4 is 10.8 Å². The Hall–Kier alpha value is -3.14. The third-order valence-corrected chi connectivity index (χ3v) is 3.70. The monoisotopic (exact) mass is 301 g/mol. The zero-order valence-electron chi connectivity index (χ0n) is 12.5. The summed E-state index contributed by atoms with van der Waals surface area (Å²) in [6.45, 7) is 0.629. The highest BCUT2D eigenvalue weighted by atomic mass is 16.5. The van der Waals surface area contributed by atoms with E-state index in [4.69, 9.17) is 4.74 Å². The summed E-state index contributed by atoms with van der Waals surface area (Å²) in [6, 6.07) is 24.4. The highest BCUT2D eigenvalue weighted by Gasteiger charge is 2.07. The van der Waals surface area contributed by atoms with Gasteiger partial charge in [0.2, 0.25) is 5.88 Å². The Balaban J connectivity index is 1.60.